The van der Waals surface area contributed by atoms with Crippen LogP contribution in [0.1, 0.15) is 21.9 Å². The van der Waals surface area contributed by atoms with Crippen molar-refractivity contribution in [2.45, 2.75) is 13.8 Å². The zero-order chi connectivity index (χ0) is 18.3. The summed E-state index contributed by atoms with van der Waals surface area (Å²) in [5.41, 5.74) is 3.84. The lowest BCUT2D eigenvalue weighted by atomic mass is 10.2. The molecule has 0 atom stereocenters. The van der Waals surface area contributed by atoms with Crippen LogP contribution in [0.4, 0.5) is 5.69 Å². The molecule has 0 spiro atoms. The Bertz CT molecular complexity index is 1110. The van der Waals surface area contributed by atoms with Crippen LogP contribution < -0.4 is 5.32 Å². The van der Waals surface area contributed by atoms with Gasteiger partial charge in [-0.2, -0.15) is 15.0 Å². The van der Waals surface area contributed by atoms with Gasteiger partial charge in [0.15, 0.2) is 11.3 Å². The largest absolute Gasteiger partial charge is 0.319 e. The number of nitrogens with one attached hydrogen (secondary N) is 1. The van der Waals surface area contributed by atoms with Crippen molar-refractivity contribution < 1.29 is 4.79 Å². The maximum absolute atomic E-state index is 12.6. The predicted octanol–water partition coefficient (Wildman–Crippen LogP) is 2.42. The molecule has 0 fully saturated rings. The van der Waals surface area contributed by atoms with Gasteiger partial charge in [-0.05, 0) is 32.0 Å². The third kappa shape index (κ3) is 2.71. The second-order valence-electron chi connectivity index (χ2n) is 6.02. The molecule has 3 heterocycles. The van der Waals surface area contributed by atoms with E-state index >= 15 is 0 Å². The number of nitrogens with zero attached hydrogens (tertiary/aromatic N) is 6. The summed E-state index contributed by atoms with van der Waals surface area (Å²) in [6.45, 7) is 3.67. The third-order valence-electron chi connectivity index (χ3n) is 4.11. The van der Waals surface area contributed by atoms with E-state index in [-0.39, 0.29) is 11.6 Å². The van der Waals surface area contributed by atoms with E-state index in [2.05, 4.69) is 25.6 Å². The van der Waals surface area contributed by atoms with Crippen LogP contribution in [0.2, 0.25) is 0 Å². The predicted molar refractivity (Wildman–Crippen MR) is 97.3 cm³/mol. The number of benzene rings is 1. The van der Waals surface area contributed by atoms with Crippen molar-refractivity contribution in [3.8, 4) is 5.69 Å². The smallest absolute Gasteiger partial charge is 0.278 e. The van der Waals surface area contributed by atoms with Crippen LogP contribution in [0.25, 0.3) is 16.7 Å². The summed E-state index contributed by atoms with van der Waals surface area (Å²) in [4.78, 5) is 18.5. The van der Waals surface area contributed by atoms with Gasteiger partial charge in [0.25, 0.3) is 5.91 Å². The number of amides is 1. The SMILES string of the molecule is Cc1nn(-c2ccccc2)nc1C(=O)Nc1cnc2c(c1)c(C)nn2C. The summed E-state index contributed by atoms with van der Waals surface area (Å²) in [5.74, 6) is -0.327. The molecular formula is C18H17N7O. The summed E-state index contributed by atoms with van der Waals surface area (Å²) >= 11 is 0. The maximum Gasteiger partial charge on any atom is 0.278 e. The van der Waals surface area contributed by atoms with Crippen LogP contribution in [-0.2, 0) is 7.05 Å². The topological polar surface area (TPSA) is 90.5 Å². The van der Waals surface area contributed by atoms with E-state index in [1.807, 2.05) is 50.4 Å². The summed E-state index contributed by atoms with van der Waals surface area (Å²) in [6, 6.07) is 11.3. The molecule has 8 heteroatoms. The molecule has 130 valence electrons. The van der Waals surface area contributed by atoms with E-state index in [0.29, 0.717) is 11.4 Å². The lowest BCUT2D eigenvalue weighted by molar-refractivity contribution is 0.102. The Morgan fingerprint density at radius 1 is 1.04 bits per heavy atom. The standard InChI is InChI=1S/C18H17N7O/c1-11-15-9-13(10-19-17(15)24(3)21-11)20-18(26)16-12(2)22-25(23-16)14-7-5-4-6-8-14/h4-10H,1-3H3,(H,20,26). The summed E-state index contributed by atoms with van der Waals surface area (Å²) in [5, 5.41) is 16.7. The van der Waals surface area contributed by atoms with E-state index < -0.39 is 0 Å². The van der Waals surface area contributed by atoms with E-state index in [1.165, 1.54) is 4.80 Å². The quantitative estimate of drug-likeness (QED) is 0.615. The lowest BCUT2D eigenvalue weighted by Gasteiger charge is -2.03. The average molecular weight is 347 g/mol. The van der Waals surface area contributed by atoms with Gasteiger partial charge in [-0.25, -0.2) is 4.98 Å². The molecule has 4 rings (SSSR count). The first-order chi connectivity index (χ1) is 12.5. The Balaban J connectivity index is 1.63. The molecule has 0 radical (unpaired) electrons. The molecule has 0 saturated carbocycles. The number of aryl methyl sites for hydroxylation is 3. The van der Waals surface area contributed by atoms with Gasteiger partial charge >= 0.3 is 0 Å². The van der Waals surface area contributed by atoms with Crippen molar-refractivity contribution in [3.05, 3.63) is 59.7 Å². The minimum Gasteiger partial charge on any atom is -0.319 e. The first-order valence-corrected chi connectivity index (χ1v) is 8.13. The van der Waals surface area contributed by atoms with Gasteiger partial charge in [0.2, 0.25) is 0 Å². The highest BCUT2D eigenvalue weighted by Crippen LogP contribution is 2.20. The Kier molecular flexibility index (Phi) is 3.72. The number of aromatic nitrogens is 6. The highest BCUT2D eigenvalue weighted by molar-refractivity contribution is 6.04. The molecule has 0 aliphatic carbocycles. The minimum absolute atomic E-state index is 0.275. The summed E-state index contributed by atoms with van der Waals surface area (Å²) < 4.78 is 1.71. The highest BCUT2D eigenvalue weighted by Gasteiger charge is 2.17. The van der Waals surface area contributed by atoms with Gasteiger partial charge in [-0.1, -0.05) is 18.2 Å². The fraction of sp³-hybridized carbons (Fsp3) is 0.167. The Labute approximate surface area is 149 Å². The molecule has 0 unspecified atom stereocenters. The van der Waals surface area contributed by atoms with Crippen molar-refractivity contribution in [2.75, 3.05) is 5.32 Å². The van der Waals surface area contributed by atoms with Crippen LogP contribution in [0.15, 0.2) is 42.6 Å². The van der Waals surface area contributed by atoms with E-state index in [4.69, 9.17) is 0 Å². The van der Waals surface area contributed by atoms with Gasteiger partial charge < -0.3 is 5.32 Å². The molecule has 3 aromatic heterocycles. The molecule has 0 saturated heterocycles. The van der Waals surface area contributed by atoms with Crippen LogP contribution in [0.5, 0.6) is 0 Å². The molecule has 1 aromatic carbocycles. The van der Waals surface area contributed by atoms with Crippen molar-refractivity contribution in [1.29, 1.82) is 0 Å². The molecule has 4 aromatic rings. The molecule has 26 heavy (non-hydrogen) atoms. The summed E-state index contributed by atoms with van der Waals surface area (Å²) in [7, 11) is 1.84. The Hall–Kier alpha value is -3.55. The fourth-order valence-corrected chi connectivity index (χ4v) is 2.83. The molecule has 1 N–H and O–H groups in total. The molecule has 0 aliphatic heterocycles. The van der Waals surface area contributed by atoms with Crippen LogP contribution in [0.3, 0.4) is 0 Å². The van der Waals surface area contributed by atoms with Gasteiger partial charge in [-0.3, -0.25) is 9.48 Å². The summed E-state index contributed by atoms with van der Waals surface area (Å²) in [6.07, 6.45) is 1.61. The molecule has 8 nitrogen and oxygen atoms in total. The monoisotopic (exact) mass is 347 g/mol. The number of carbonyl (C=O) groups excluding carboxylic acids is 1. The van der Waals surface area contributed by atoms with Crippen molar-refractivity contribution in [1.82, 2.24) is 29.8 Å². The fourth-order valence-electron chi connectivity index (χ4n) is 2.83. The van der Waals surface area contributed by atoms with Crippen molar-refractivity contribution >= 4 is 22.6 Å². The van der Waals surface area contributed by atoms with E-state index in [1.54, 1.807) is 17.8 Å². The second-order valence-corrected chi connectivity index (χ2v) is 6.02. The Morgan fingerprint density at radius 3 is 2.58 bits per heavy atom. The number of hydrogen-bond acceptors (Lipinski definition) is 5. The number of anilines is 1. The van der Waals surface area contributed by atoms with Crippen LogP contribution in [-0.4, -0.2) is 35.7 Å². The normalized spacial score (nSPS) is 11.0. The molecular weight excluding hydrogens is 330 g/mol. The van der Waals surface area contributed by atoms with Crippen molar-refractivity contribution in [2.24, 2.45) is 7.05 Å². The zero-order valence-electron chi connectivity index (χ0n) is 14.6. The average Bonchev–Trinajstić information content (AvgIpc) is 3.16. The van der Waals surface area contributed by atoms with Gasteiger partial charge in [0.05, 0.1) is 29.0 Å². The minimum atomic E-state index is -0.327. The Morgan fingerprint density at radius 2 is 1.81 bits per heavy atom. The van der Waals surface area contributed by atoms with Crippen LogP contribution >= 0.6 is 0 Å². The number of pyridine rings is 1. The highest BCUT2D eigenvalue weighted by atomic mass is 16.2. The third-order valence-corrected chi connectivity index (χ3v) is 4.11. The number of para-hydroxylation sites is 1. The number of fused-ring (bicyclic) bond motifs is 1. The first kappa shape index (κ1) is 15.9. The van der Waals surface area contributed by atoms with Crippen LogP contribution in [0, 0.1) is 13.8 Å². The van der Waals surface area contributed by atoms with Crippen molar-refractivity contribution in [3.63, 3.8) is 0 Å². The molecule has 0 bridgehead atoms. The van der Waals surface area contributed by atoms with E-state index in [0.717, 1.165) is 22.4 Å². The van der Waals surface area contributed by atoms with Gasteiger partial charge in [-0.15, -0.1) is 5.10 Å². The first-order valence-electron chi connectivity index (χ1n) is 8.13. The number of rotatable bonds is 3. The number of hydrogen-bond donors (Lipinski definition) is 1. The second kappa shape index (κ2) is 6.07. The maximum atomic E-state index is 12.6. The van der Waals surface area contributed by atoms with E-state index in [9.17, 15) is 4.79 Å². The number of carbonyl (C=O) groups is 1. The molecule has 1 amide bonds. The lowest BCUT2D eigenvalue weighted by Crippen LogP contribution is -2.14. The molecule has 0 aliphatic rings. The zero-order valence-corrected chi connectivity index (χ0v) is 14.6. The van der Waals surface area contributed by atoms with Gasteiger partial charge in [0.1, 0.15) is 0 Å². The van der Waals surface area contributed by atoms with Gasteiger partial charge in [0, 0.05) is 12.4 Å².